The first-order valence-corrected chi connectivity index (χ1v) is 9.07. The van der Waals surface area contributed by atoms with E-state index in [1.807, 2.05) is 79.7 Å². The summed E-state index contributed by atoms with van der Waals surface area (Å²) in [7, 11) is -1.25. The van der Waals surface area contributed by atoms with Crippen LogP contribution in [0.1, 0.15) is 54.2 Å². The van der Waals surface area contributed by atoms with E-state index in [0.717, 1.165) is 21.4 Å². The molecule has 2 rings (SSSR count). The van der Waals surface area contributed by atoms with E-state index >= 15 is 0 Å². The highest BCUT2D eigenvalue weighted by Gasteiger charge is 2.17. The van der Waals surface area contributed by atoms with E-state index in [1.165, 1.54) is 0 Å². The summed E-state index contributed by atoms with van der Waals surface area (Å²) >= 11 is 0. The number of rotatable bonds is 2. The smallest absolute Gasteiger partial charge is 0.127 e. The van der Waals surface area contributed by atoms with Crippen molar-refractivity contribution in [3.63, 3.8) is 0 Å². The van der Waals surface area contributed by atoms with Gasteiger partial charge in [0.2, 0.25) is 0 Å². The van der Waals surface area contributed by atoms with Gasteiger partial charge in [0.05, 0.1) is 4.90 Å². The number of aryl methyl sites for hydroxylation is 1. The van der Waals surface area contributed by atoms with E-state index in [9.17, 15) is 4.21 Å². The van der Waals surface area contributed by atoms with E-state index in [2.05, 4.69) is 9.71 Å². The van der Waals surface area contributed by atoms with E-state index in [0.29, 0.717) is 0 Å². The van der Waals surface area contributed by atoms with Gasteiger partial charge in [0.25, 0.3) is 0 Å². The average Bonchev–Trinajstić information content (AvgIpc) is 2.50. The summed E-state index contributed by atoms with van der Waals surface area (Å²) in [6, 6.07) is 7.93. The molecule has 1 aromatic carbocycles. The van der Waals surface area contributed by atoms with Crippen LogP contribution in [0.2, 0.25) is 0 Å². The maximum absolute atomic E-state index is 12.3. The zero-order chi connectivity index (χ0) is 17.3. The van der Waals surface area contributed by atoms with Gasteiger partial charge in [-0.3, -0.25) is 4.98 Å². The largest absolute Gasteiger partial charge is 0.260 e. The summed E-state index contributed by atoms with van der Waals surface area (Å²) in [5.74, 6) is 0. The third kappa shape index (κ3) is 5.85. The van der Waals surface area contributed by atoms with Gasteiger partial charge in [-0.15, -0.1) is 0 Å². The molecule has 0 aliphatic rings. The molecule has 2 aromatic rings. The van der Waals surface area contributed by atoms with E-state index < -0.39 is 11.0 Å². The molecule has 0 saturated carbocycles. The lowest BCUT2D eigenvalue weighted by Crippen LogP contribution is -2.37. The van der Waals surface area contributed by atoms with Gasteiger partial charge in [0, 0.05) is 28.2 Å². The molecule has 1 aromatic heterocycles. The molecule has 124 valence electrons. The van der Waals surface area contributed by atoms with Crippen molar-refractivity contribution in [1.82, 2.24) is 9.71 Å². The number of fused-ring (bicyclic) bond motifs is 1. The minimum absolute atomic E-state index is 0.198. The molecule has 0 radical (unpaired) electrons. The number of aromatic nitrogens is 1. The summed E-state index contributed by atoms with van der Waals surface area (Å²) < 4.78 is 15.4. The Balaban J connectivity index is 0.00000102. The first-order chi connectivity index (χ1) is 10.4. The molecule has 1 unspecified atom stereocenters. The monoisotopic (exact) mass is 322 g/mol. The number of pyridine rings is 1. The Morgan fingerprint density at radius 3 is 2.00 bits per heavy atom. The van der Waals surface area contributed by atoms with Crippen LogP contribution in [0.5, 0.6) is 0 Å². The number of benzene rings is 1. The molecule has 0 saturated heterocycles. The number of hydrogen-bond donors (Lipinski definition) is 1. The van der Waals surface area contributed by atoms with Gasteiger partial charge >= 0.3 is 0 Å². The van der Waals surface area contributed by atoms with Crippen LogP contribution in [-0.4, -0.2) is 14.7 Å². The Bertz CT molecular complexity index is 604. The highest BCUT2D eigenvalue weighted by atomic mass is 32.2. The fourth-order valence-electron chi connectivity index (χ4n) is 1.79. The first-order valence-electron chi connectivity index (χ1n) is 7.92. The van der Waals surface area contributed by atoms with Crippen molar-refractivity contribution in [1.29, 1.82) is 0 Å². The zero-order valence-electron chi connectivity index (χ0n) is 15.2. The van der Waals surface area contributed by atoms with E-state index in [4.69, 9.17) is 0 Å². The molecule has 22 heavy (non-hydrogen) atoms. The van der Waals surface area contributed by atoms with Gasteiger partial charge in [-0.25, -0.2) is 8.93 Å². The lowest BCUT2D eigenvalue weighted by atomic mass is 10.1. The molecular formula is C18H30N2OS. The van der Waals surface area contributed by atoms with Gasteiger partial charge in [0.1, 0.15) is 11.0 Å². The Kier molecular flexibility index (Phi) is 9.14. The molecular weight excluding hydrogens is 292 g/mol. The molecule has 0 fully saturated rings. The Hall–Kier alpha value is -1.26. The molecule has 3 nitrogen and oxygen atoms in total. The van der Waals surface area contributed by atoms with Crippen molar-refractivity contribution in [3.8, 4) is 0 Å². The molecule has 1 heterocycles. The van der Waals surface area contributed by atoms with Crippen molar-refractivity contribution >= 4 is 21.8 Å². The third-order valence-corrected chi connectivity index (χ3v) is 4.08. The minimum Gasteiger partial charge on any atom is -0.260 e. The number of nitrogens with zero attached hydrogens (tertiary/aromatic N) is 1. The predicted octanol–water partition coefficient (Wildman–Crippen LogP) is 5.01. The van der Waals surface area contributed by atoms with Crippen LogP contribution >= 0.6 is 0 Å². The number of nitrogens with one attached hydrogen (secondary N) is 1. The molecule has 1 atom stereocenters. The van der Waals surface area contributed by atoms with Crippen LogP contribution in [0.4, 0.5) is 0 Å². The normalized spacial score (nSPS) is 11.8. The fraction of sp³-hybridized carbons (Fsp3) is 0.500. The van der Waals surface area contributed by atoms with Crippen molar-refractivity contribution < 1.29 is 4.21 Å². The maximum Gasteiger partial charge on any atom is 0.127 e. The molecule has 0 bridgehead atoms. The Morgan fingerprint density at radius 2 is 1.50 bits per heavy atom. The predicted molar refractivity (Wildman–Crippen MR) is 98.5 cm³/mol. The van der Waals surface area contributed by atoms with Crippen LogP contribution in [0.3, 0.4) is 0 Å². The van der Waals surface area contributed by atoms with Crippen molar-refractivity contribution in [2.45, 2.75) is 65.8 Å². The average molecular weight is 323 g/mol. The van der Waals surface area contributed by atoms with Crippen molar-refractivity contribution in [2.24, 2.45) is 0 Å². The molecule has 0 aliphatic carbocycles. The van der Waals surface area contributed by atoms with Crippen LogP contribution in [0.15, 0.2) is 35.4 Å². The summed E-state index contributed by atoms with van der Waals surface area (Å²) in [5.41, 5.74) is 0.763. The highest BCUT2D eigenvalue weighted by Crippen LogP contribution is 2.23. The molecule has 0 aliphatic heterocycles. The molecule has 0 amide bonds. The summed E-state index contributed by atoms with van der Waals surface area (Å²) in [5, 5.41) is 2.05. The second-order valence-corrected chi connectivity index (χ2v) is 6.56. The van der Waals surface area contributed by atoms with E-state index in [1.54, 1.807) is 6.20 Å². The number of hydrogen-bond acceptors (Lipinski definition) is 2. The quantitative estimate of drug-likeness (QED) is 0.844. The van der Waals surface area contributed by atoms with Crippen LogP contribution < -0.4 is 4.72 Å². The lowest BCUT2D eigenvalue weighted by molar-refractivity contribution is 0.520. The SMILES string of the molecule is CC.CC.Cc1ncc(S(=O)NC(C)(C)C)c2ccccc12. The standard InChI is InChI=1S/C14H18N2OS.2C2H6/c1-10-11-7-5-6-8-12(11)13(9-15-10)18(17)16-14(2,3)4;2*1-2/h5-9,16H,1-4H3;2*1-2H3. The second-order valence-electron chi connectivity index (χ2n) is 5.37. The topological polar surface area (TPSA) is 42.0 Å². The zero-order valence-corrected chi connectivity index (χ0v) is 16.0. The third-order valence-electron chi connectivity index (χ3n) is 2.56. The highest BCUT2D eigenvalue weighted by molar-refractivity contribution is 7.83. The summed E-state index contributed by atoms with van der Waals surface area (Å²) in [4.78, 5) is 5.07. The fourth-order valence-corrected chi connectivity index (χ4v) is 2.98. The molecule has 1 N–H and O–H groups in total. The van der Waals surface area contributed by atoms with Gasteiger partial charge in [-0.05, 0) is 27.7 Å². The van der Waals surface area contributed by atoms with Crippen molar-refractivity contribution in [2.75, 3.05) is 0 Å². The van der Waals surface area contributed by atoms with Gasteiger partial charge in [-0.2, -0.15) is 0 Å². The lowest BCUT2D eigenvalue weighted by Gasteiger charge is -2.20. The summed E-state index contributed by atoms with van der Waals surface area (Å²) in [6.45, 7) is 15.9. The first kappa shape index (κ1) is 20.7. The molecule has 0 spiro atoms. The van der Waals surface area contributed by atoms with Crippen LogP contribution in [0.25, 0.3) is 10.8 Å². The van der Waals surface area contributed by atoms with Gasteiger partial charge in [-0.1, -0.05) is 52.0 Å². The second kappa shape index (κ2) is 9.70. The van der Waals surface area contributed by atoms with E-state index in [-0.39, 0.29) is 5.54 Å². The Labute approximate surface area is 138 Å². The Morgan fingerprint density at radius 1 is 1.00 bits per heavy atom. The van der Waals surface area contributed by atoms with Crippen LogP contribution in [0, 0.1) is 6.92 Å². The summed E-state index contributed by atoms with van der Waals surface area (Å²) in [6.07, 6.45) is 1.70. The van der Waals surface area contributed by atoms with Crippen molar-refractivity contribution in [3.05, 3.63) is 36.2 Å². The minimum atomic E-state index is -1.25. The van der Waals surface area contributed by atoms with Crippen LogP contribution in [-0.2, 0) is 11.0 Å². The van der Waals surface area contributed by atoms with Gasteiger partial charge < -0.3 is 0 Å². The maximum atomic E-state index is 12.3. The van der Waals surface area contributed by atoms with Gasteiger partial charge in [0.15, 0.2) is 0 Å². The molecule has 4 heteroatoms.